The number of benzene rings is 2. The number of hydrogen-bond donors (Lipinski definition) is 4. The third kappa shape index (κ3) is 4.84. The minimum absolute atomic E-state index is 0. The van der Waals surface area contributed by atoms with Crippen LogP contribution in [0.3, 0.4) is 0 Å². The summed E-state index contributed by atoms with van der Waals surface area (Å²) in [6.07, 6.45) is 0. The predicted octanol–water partition coefficient (Wildman–Crippen LogP) is 3.85. The zero-order chi connectivity index (χ0) is 20.1. The third-order valence-corrected chi connectivity index (χ3v) is 4.56. The van der Waals surface area contributed by atoms with Crippen molar-refractivity contribution in [3.63, 3.8) is 0 Å². The van der Waals surface area contributed by atoms with Gasteiger partial charge in [-0.25, -0.2) is 4.79 Å². The molecule has 5 N–H and O–H groups in total. The second-order valence-electron chi connectivity index (χ2n) is 6.17. The van der Waals surface area contributed by atoms with Gasteiger partial charge in [0, 0.05) is 47.1 Å². The molecule has 0 heterocycles. The van der Waals surface area contributed by atoms with E-state index in [4.69, 9.17) is 11.1 Å². The molecule has 150 valence electrons. The van der Waals surface area contributed by atoms with Crippen LogP contribution in [0.5, 0.6) is 5.75 Å². The summed E-state index contributed by atoms with van der Waals surface area (Å²) in [5.41, 5.74) is 8.54. The Hall–Kier alpha value is -2.99. The lowest BCUT2D eigenvalue weighted by Gasteiger charge is -2.22. The van der Waals surface area contributed by atoms with Gasteiger partial charge >= 0.3 is 5.97 Å². The number of anilines is 1. The summed E-state index contributed by atoms with van der Waals surface area (Å²) in [6.45, 7) is 7.18. The van der Waals surface area contributed by atoms with Crippen LogP contribution < -0.4 is 10.6 Å². The fourth-order valence-corrected chi connectivity index (χ4v) is 3.01. The van der Waals surface area contributed by atoms with Gasteiger partial charge in [-0.3, -0.25) is 5.41 Å². The van der Waals surface area contributed by atoms with Gasteiger partial charge in [-0.05, 0) is 38.5 Å². The van der Waals surface area contributed by atoms with E-state index in [0.717, 1.165) is 18.8 Å². The summed E-state index contributed by atoms with van der Waals surface area (Å²) in [5, 5.41) is 27.6. The average molecular weight is 404 g/mol. The largest absolute Gasteiger partial charge is 0.507 e. The van der Waals surface area contributed by atoms with Crippen molar-refractivity contribution in [2.24, 2.45) is 5.73 Å². The van der Waals surface area contributed by atoms with Crippen LogP contribution in [0.2, 0.25) is 0 Å². The Labute approximate surface area is 171 Å². The Morgan fingerprint density at radius 1 is 1.07 bits per heavy atom. The smallest absolute Gasteiger partial charge is 0.331 e. The number of phenols is 1. The van der Waals surface area contributed by atoms with Crippen LogP contribution in [-0.2, 0) is 4.79 Å². The number of carboxylic acid groups (broad SMARTS) is 1. The number of carboxylic acids is 1. The molecule has 0 aliphatic heterocycles. The predicted molar refractivity (Wildman–Crippen MR) is 116 cm³/mol. The maximum Gasteiger partial charge on any atom is 0.331 e. The minimum atomic E-state index is -1.06. The summed E-state index contributed by atoms with van der Waals surface area (Å²) in [4.78, 5) is 13.7. The van der Waals surface area contributed by atoms with E-state index in [2.05, 4.69) is 4.90 Å². The summed E-state index contributed by atoms with van der Waals surface area (Å²) < 4.78 is 0. The fraction of sp³-hybridized carbons (Fsp3) is 0.238. The van der Waals surface area contributed by atoms with Gasteiger partial charge in [-0.15, -0.1) is 12.4 Å². The molecule has 0 saturated carbocycles. The summed E-state index contributed by atoms with van der Waals surface area (Å²) in [5.74, 6) is -1.10. The van der Waals surface area contributed by atoms with E-state index in [1.54, 1.807) is 36.4 Å². The molecule has 6 nitrogen and oxygen atoms in total. The van der Waals surface area contributed by atoms with Gasteiger partial charge in [0.2, 0.25) is 0 Å². The zero-order valence-corrected chi connectivity index (χ0v) is 17.0. The van der Waals surface area contributed by atoms with Crippen LogP contribution >= 0.6 is 12.4 Å². The molecule has 2 rings (SSSR count). The second kappa shape index (κ2) is 9.80. The van der Waals surface area contributed by atoms with Crippen LogP contribution in [0.1, 0.15) is 37.5 Å². The molecule has 0 unspecified atom stereocenters. The van der Waals surface area contributed by atoms with Crippen molar-refractivity contribution < 1.29 is 15.0 Å². The number of aliphatic carboxylic acids is 1. The lowest BCUT2D eigenvalue weighted by Crippen LogP contribution is -2.21. The number of hydrogen-bond acceptors (Lipinski definition) is 4. The van der Waals surface area contributed by atoms with Crippen molar-refractivity contribution in [2.75, 3.05) is 18.0 Å². The standard InChI is InChI=1S/C21H25N3O3.ClH/c1-4-24(5-2)16-10-11-17(18(25)12-16)19(13(3)21(26)27)14-6-8-15(9-7-14)20(22)23;/h6-12,25H,4-5H2,1-3H3,(H3,22,23)(H,26,27);1H/b19-13+;. The van der Waals surface area contributed by atoms with E-state index in [1.807, 2.05) is 19.9 Å². The molecule has 0 saturated heterocycles. The van der Waals surface area contributed by atoms with Crippen molar-refractivity contribution >= 4 is 35.5 Å². The van der Waals surface area contributed by atoms with Crippen molar-refractivity contribution in [1.82, 2.24) is 0 Å². The van der Waals surface area contributed by atoms with Crippen LogP contribution in [0, 0.1) is 5.41 Å². The molecule has 2 aromatic rings. The molecule has 0 spiro atoms. The number of phenolic OH excluding ortho intramolecular Hbond substituents is 1. The maximum atomic E-state index is 11.6. The van der Waals surface area contributed by atoms with Gasteiger partial charge in [0.1, 0.15) is 11.6 Å². The Balaban J connectivity index is 0.00000392. The highest BCUT2D eigenvalue weighted by molar-refractivity contribution is 6.02. The Kier molecular flexibility index (Phi) is 8.07. The lowest BCUT2D eigenvalue weighted by atomic mass is 9.92. The van der Waals surface area contributed by atoms with Crippen LogP contribution in [0.4, 0.5) is 5.69 Å². The number of nitrogens with one attached hydrogen (secondary N) is 1. The van der Waals surface area contributed by atoms with Gasteiger partial charge in [-0.1, -0.05) is 24.3 Å². The average Bonchev–Trinajstić information content (AvgIpc) is 2.64. The monoisotopic (exact) mass is 403 g/mol. The number of nitrogen functional groups attached to an aromatic ring is 1. The van der Waals surface area contributed by atoms with Crippen molar-refractivity contribution in [1.29, 1.82) is 5.41 Å². The van der Waals surface area contributed by atoms with Gasteiger partial charge < -0.3 is 20.8 Å². The van der Waals surface area contributed by atoms with Crippen molar-refractivity contribution in [2.45, 2.75) is 20.8 Å². The van der Waals surface area contributed by atoms with E-state index < -0.39 is 5.97 Å². The van der Waals surface area contributed by atoms with Crippen LogP contribution in [0.15, 0.2) is 48.0 Å². The van der Waals surface area contributed by atoms with E-state index in [0.29, 0.717) is 22.3 Å². The third-order valence-electron chi connectivity index (χ3n) is 4.56. The Morgan fingerprint density at radius 2 is 1.61 bits per heavy atom. The molecule has 0 amide bonds. The number of nitrogens with two attached hydrogens (primary N) is 1. The summed E-state index contributed by atoms with van der Waals surface area (Å²) in [7, 11) is 0. The van der Waals surface area contributed by atoms with E-state index in [1.165, 1.54) is 6.92 Å². The lowest BCUT2D eigenvalue weighted by molar-refractivity contribution is -0.132. The van der Waals surface area contributed by atoms with E-state index >= 15 is 0 Å². The van der Waals surface area contributed by atoms with Gasteiger partial charge in [0.25, 0.3) is 0 Å². The second-order valence-corrected chi connectivity index (χ2v) is 6.17. The number of nitrogens with zero attached hydrogens (tertiary/aromatic N) is 1. The molecule has 0 aromatic heterocycles. The van der Waals surface area contributed by atoms with Gasteiger partial charge in [-0.2, -0.15) is 0 Å². The molecule has 0 fully saturated rings. The van der Waals surface area contributed by atoms with Crippen LogP contribution in [-0.4, -0.2) is 35.1 Å². The van der Waals surface area contributed by atoms with Gasteiger partial charge in [0.15, 0.2) is 0 Å². The van der Waals surface area contributed by atoms with E-state index in [-0.39, 0.29) is 29.6 Å². The molecule has 0 aliphatic carbocycles. The van der Waals surface area contributed by atoms with E-state index in [9.17, 15) is 15.0 Å². The quantitative estimate of drug-likeness (QED) is 0.319. The number of amidine groups is 1. The molecule has 7 heteroatoms. The molecular formula is C21H26ClN3O3. The molecule has 2 aromatic carbocycles. The number of rotatable bonds is 7. The molecule has 0 aliphatic rings. The number of carbonyl (C=O) groups is 1. The Bertz CT molecular complexity index is 888. The zero-order valence-electron chi connectivity index (χ0n) is 16.2. The molecule has 0 radical (unpaired) electrons. The Morgan fingerprint density at radius 3 is 2.04 bits per heavy atom. The SMILES string of the molecule is CCN(CC)c1ccc(/C(=C(\C)C(=O)O)c2ccc(C(=N)N)cc2)c(O)c1.Cl. The minimum Gasteiger partial charge on any atom is -0.507 e. The first kappa shape index (κ1) is 23.0. The molecule has 0 bridgehead atoms. The first-order valence-corrected chi connectivity index (χ1v) is 8.77. The summed E-state index contributed by atoms with van der Waals surface area (Å²) >= 11 is 0. The topological polar surface area (TPSA) is 111 Å². The van der Waals surface area contributed by atoms with Gasteiger partial charge in [0.05, 0.1) is 0 Å². The first-order valence-electron chi connectivity index (χ1n) is 8.77. The highest BCUT2D eigenvalue weighted by atomic mass is 35.5. The molecule has 0 atom stereocenters. The normalized spacial score (nSPS) is 11.2. The number of halogens is 1. The van der Waals surface area contributed by atoms with Crippen molar-refractivity contribution in [3.05, 3.63) is 64.7 Å². The summed E-state index contributed by atoms with van der Waals surface area (Å²) in [6, 6.07) is 12.0. The fourth-order valence-electron chi connectivity index (χ4n) is 3.01. The van der Waals surface area contributed by atoms with Crippen LogP contribution in [0.25, 0.3) is 5.57 Å². The highest BCUT2D eigenvalue weighted by Gasteiger charge is 2.18. The molecular weight excluding hydrogens is 378 g/mol. The van der Waals surface area contributed by atoms with Crippen molar-refractivity contribution in [3.8, 4) is 5.75 Å². The molecule has 28 heavy (non-hydrogen) atoms. The maximum absolute atomic E-state index is 11.6. The first-order chi connectivity index (χ1) is 12.8. The highest BCUT2D eigenvalue weighted by Crippen LogP contribution is 2.35. The number of aromatic hydroxyl groups is 1.